The van der Waals surface area contributed by atoms with Crippen molar-refractivity contribution in [3.8, 4) is 0 Å². The van der Waals surface area contributed by atoms with Crippen LogP contribution >= 0.6 is 0 Å². The Morgan fingerprint density at radius 2 is 0.432 bits per heavy atom. The molecule has 37 heavy (non-hydrogen) atoms. The van der Waals surface area contributed by atoms with Gasteiger partial charge in [-0.2, -0.15) is 52.4 Å². The predicted molar refractivity (Wildman–Crippen MR) is 113 cm³/mol. The van der Waals surface area contributed by atoms with Crippen LogP contribution in [-0.4, -0.2) is 52.4 Å². The molecule has 16 nitrogen and oxygen atoms in total. The Hall–Kier alpha value is -1.63. The molecule has 0 aromatic heterocycles. The van der Waals surface area contributed by atoms with Crippen LogP contribution in [0.1, 0.15) is 0 Å². The molecular weight excluding hydrogens is 854 g/mol. The van der Waals surface area contributed by atoms with Crippen molar-refractivity contribution in [3.05, 3.63) is 98.4 Å². The predicted octanol–water partition coefficient (Wildman–Crippen LogP) is 5.12. The third-order valence-corrected chi connectivity index (χ3v) is 1.08. The van der Waals surface area contributed by atoms with Gasteiger partial charge in [-0.25, -0.2) is 0 Å². The molecule has 0 saturated heterocycles. The number of rotatable bonds is 8. The molecule has 0 aliphatic rings. The first kappa shape index (κ1) is 124. The molecule has 8 N–H and O–H groups in total. The smallest absolute Gasteiger partial charge is 0 e. The molecule has 0 fully saturated rings. The third-order valence-electron chi connectivity index (χ3n) is 1.08. The van der Waals surface area contributed by atoms with E-state index >= 15 is 0 Å². The van der Waals surface area contributed by atoms with Gasteiger partial charge in [0.05, 0.1) is 0 Å². The molecule has 0 unspecified atom stereocenters. The van der Waals surface area contributed by atoms with Gasteiger partial charge in [0, 0.05) is 89.3 Å². The van der Waals surface area contributed by atoms with Gasteiger partial charge >= 0.3 is 0 Å². The van der Waals surface area contributed by atoms with E-state index in [9.17, 15) is 0 Å². The minimum atomic E-state index is 0. The van der Waals surface area contributed by atoms with Crippen LogP contribution in [0.5, 0.6) is 0 Å². The summed E-state index contributed by atoms with van der Waals surface area (Å²) in [5.41, 5.74) is 26.5. The van der Waals surface area contributed by atoms with Crippen molar-refractivity contribution in [2.24, 2.45) is 0 Å². The van der Waals surface area contributed by atoms with Gasteiger partial charge in [-0.15, -0.1) is 0 Å². The van der Waals surface area contributed by atoms with Crippen LogP contribution in [0.2, 0.25) is 0 Å². The molecule has 4 radical (unpaired) electrons. The van der Waals surface area contributed by atoms with Gasteiger partial charge in [0.2, 0.25) is 0 Å². The van der Waals surface area contributed by atoms with Gasteiger partial charge in [0.25, 0.3) is 0 Å². The maximum atomic E-state index is 6.63. The molecule has 234 valence electrons. The number of hydrogen-bond acceptors (Lipinski definition) is 8. The third kappa shape index (κ3) is 888. The van der Waals surface area contributed by atoms with E-state index in [-0.39, 0.29) is 102 Å². The Kier molecular flexibility index (Phi) is 1830. The van der Waals surface area contributed by atoms with E-state index in [1.165, 1.54) is 0 Å². The number of hydrogen-bond donors (Lipinski definition) is 0. The molecule has 0 aromatic carbocycles. The van der Waals surface area contributed by atoms with E-state index in [0.717, 1.165) is 0 Å². The normalized spacial score (nSPS) is 4.00. The molecule has 0 aliphatic carbocycles. The van der Waals surface area contributed by atoms with Gasteiger partial charge in [0.1, 0.15) is 0 Å². The molecule has 0 bridgehead atoms. The summed E-state index contributed by atoms with van der Waals surface area (Å²) in [4.78, 5) is 0. The van der Waals surface area contributed by atoms with Crippen molar-refractivity contribution in [2.75, 3.05) is 52.4 Å². The molecule has 0 aromatic rings. The van der Waals surface area contributed by atoms with E-state index in [0.29, 0.717) is 52.4 Å². The fourth-order valence-corrected chi connectivity index (χ4v) is 0.540. The van der Waals surface area contributed by atoms with E-state index in [1.807, 2.05) is 0 Å². The Morgan fingerprint density at radius 1 is 0.351 bits per heavy atom. The molecule has 0 aliphatic heterocycles. The van der Waals surface area contributed by atoms with Gasteiger partial charge in [-0.3, -0.25) is 0 Å². The Bertz CT molecular complexity index is 275. The first-order valence-corrected chi connectivity index (χ1v) is 6.47. The zero-order valence-electron chi connectivity index (χ0n) is 18.9. The molecule has 21 heteroatoms. The van der Waals surface area contributed by atoms with Crippen molar-refractivity contribution in [2.45, 2.75) is 0 Å². The Balaban J connectivity index is -0.00000000838. The van der Waals surface area contributed by atoms with Crippen LogP contribution < -0.4 is 0 Å². The first-order chi connectivity index (χ1) is 14.8. The molecule has 0 heterocycles. The summed E-state index contributed by atoms with van der Waals surface area (Å²) in [6.45, 7) is 41.8. The molecule has 0 spiro atoms. The quantitative estimate of drug-likeness (QED) is 0.178. The van der Waals surface area contributed by atoms with Crippen molar-refractivity contribution >= 4 is 0 Å². The summed E-state index contributed by atoms with van der Waals surface area (Å²) >= 11 is 0. The van der Waals surface area contributed by atoms with E-state index < -0.39 is 0 Å². The van der Waals surface area contributed by atoms with E-state index in [4.69, 9.17) is 118 Å². The SMILES string of the molecule is [C-]#N.[C-]#N.[C-]#N.[C-]#N.[C-]#N.[C-]#N.[C-]#N.[C-]#N.[Cu].[Cu].[Cu].[Cu].[NH-]CC[N-]CC[NH-].[NH-]CC[N-]CC[NH-].[NH2-].[NH2-].[W]. The average molecular weight is 879 g/mol. The zero-order chi connectivity index (χ0) is 27.1. The monoisotopic (exact) mass is 876 g/mol. The summed E-state index contributed by atoms with van der Waals surface area (Å²) < 4.78 is 0. The van der Waals surface area contributed by atoms with Crippen LogP contribution in [-0.2, 0) is 89.3 Å². The summed E-state index contributed by atoms with van der Waals surface area (Å²) in [7, 11) is 0. The maximum absolute atomic E-state index is 6.63. The summed E-state index contributed by atoms with van der Waals surface area (Å²) in [5, 5.41) is 57.7. The minimum absolute atomic E-state index is 0. The zero-order valence-corrected chi connectivity index (χ0v) is 25.6. The molecule has 0 rings (SSSR count). The van der Waals surface area contributed by atoms with Crippen LogP contribution in [0.4, 0.5) is 0 Å². The number of nitrogens with zero attached hydrogens (tertiary/aromatic N) is 10. The summed E-state index contributed by atoms with van der Waals surface area (Å²) in [6.07, 6.45) is 0. The van der Waals surface area contributed by atoms with E-state index in [1.54, 1.807) is 0 Å². The second-order valence-corrected chi connectivity index (χ2v) is 2.34. The first-order valence-electron chi connectivity index (χ1n) is 6.47. The van der Waals surface area contributed by atoms with Crippen LogP contribution in [0.25, 0.3) is 45.9 Å². The largest absolute Gasteiger partial charge is 0.693 e. The minimum Gasteiger partial charge on any atom is -0.693 e. The van der Waals surface area contributed by atoms with Crippen molar-refractivity contribution in [1.82, 2.24) is 0 Å². The number of nitrogens with two attached hydrogens (primary N) is 2. The summed E-state index contributed by atoms with van der Waals surface area (Å²) in [5.74, 6) is 0. The van der Waals surface area contributed by atoms with Crippen LogP contribution in [0, 0.1) is 94.7 Å². The van der Waals surface area contributed by atoms with Gasteiger partial charge in [-0.1, -0.05) is 0 Å². The summed E-state index contributed by atoms with van der Waals surface area (Å²) in [6, 6.07) is 0. The second kappa shape index (κ2) is 547. The topological polar surface area (TPSA) is 381 Å². The molecule has 0 atom stereocenters. The van der Waals surface area contributed by atoms with Crippen molar-refractivity contribution in [1.29, 1.82) is 42.1 Å². The fraction of sp³-hybridized carbons (Fsp3) is 0.500. The maximum Gasteiger partial charge on any atom is 0 e. The van der Waals surface area contributed by atoms with Gasteiger partial charge in [-0.05, 0) is 0 Å². The molecular formula is C16H24Cu4N16W-16. The van der Waals surface area contributed by atoms with Crippen LogP contribution in [0.3, 0.4) is 0 Å². The van der Waals surface area contributed by atoms with Gasteiger partial charge in [0.15, 0.2) is 0 Å². The number of nitrogens with one attached hydrogen (secondary N) is 4. The fourth-order valence-electron chi connectivity index (χ4n) is 0.540. The van der Waals surface area contributed by atoms with Crippen molar-refractivity contribution < 1.29 is 89.3 Å². The Morgan fingerprint density at radius 3 is 0.486 bits per heavy atom. The Labute approximate surface area is 280 Å². The van der Waals surface area contributed by atoms with Gasteiger partial charge < -0.3 is 141 Å². The molecule has 0 amide bonds. The second-order valence-electron chi connectivity index (χ2n) is 2.34. The van der Waals surface area contributed by atoms with Crippen molar-refractivity contribution in [3.63, 3.8) is 0 Å². The van der Waals surface area contributed by atoms with E-state index in [2.05, 4.69) is 10.6 Å². The average Bonchev–Trinajstić information content (AvgIpc) is 2.90. The van der Waals surface area contributed by atoms with Crippen LogP contribution in [0.15, 0.2) is 0 Å². The standard InChI is InChI=1S/2C4H10N3.8CN.4Cu.2H2N.W/c2*5-1-3-7-4-2-6;8*1-2;;;;;;;/h2*5-6H,1-4H2;;;;;;;;;;;;;2*1H2;/q2*-3;8*-1;;;;;2*-1;. The molecule has 0 saturated carbocycles.